The predicted octanol–water partition coefficient (Wildman–Crippen LogP) is 1.81. The Morgan fingerprint density at radius 3 is 2.52 bits per heavy atom. The highest BCUT2D eigenvalue weighted by molar-refractivity contribution is 7.92. The van der Waals surface area contributed by atoms with Crippen LogP contribution >= 0.6 is 11.6 Å². The average molecular weight is 325 g/mol. The summed E-state index contributed by atoms with van der Waals surface area (Å²) in [5, 5.41) is 11.1. The number of anilines is 1. The minimum atomic E-state index is -3.85. The molecule has 0 amide bonds. The molecule has 7 heteroatoms. The number of benzene rings is 2. The molecule has 1 N–H and O–H groups in total. The lowest BCUT2D eigenvalue weighted by atomic mass is 10.1. The topological polar surface area (TPSA) is 86.3 Å². The molecule has 0 aliphatic rings. The molecule has 0 spiro atoms. The van der Waals surface area contributed by atoms with Crippen LogP contribution in [0.3, 0.4) is 0 Å². The normalized spacial score (nSPS) is 11.1. The van der Waals surface area contributed by atoms with Crippen molar-refractivity contribution in [2.45, 2.75) is 11.8 Å². The van der Waals surface area contributed by atoms with Gasteiger partial charge in [0.2, 0.25) is 0 Å². The number of aromatic carboxylic acids is 1. The van der Waals surface area contributed by atoms with E-state index in [1.807, 2.05) is 0 Å². The van der Waals surface area contributed by atoms with Gasteiger partial charge in [0.1, 0.15) is 0 Å². The van der Waals surface area contributed by atoms with Crippen LogP contribution in [-0.2, 0) is 10.0 Å². The molecule has 0 heterocycles. The Hall–Kier alpha value is -2.05. The molecule has 21 heavy (non-hydrogen) atoms. The van der Waals surface area contributed by atoms with Gasteiger partial charge in [-0.05, 0) is 42.3 Å². The molecule has 0 bridgehead atoms. The van der Waals surface area contributed by atoms with Crippen molar-refractivity contribution in [2.75, 3.05) is 4.72 Å². The fourth-order valence-electron chi connectivity index (χ4n) is 1.70. The SMILES string of the molecule is Cc1ccc(C(=O)[O-])cc1NS(=O)(=O)c1cccc(Cl)c1. The van der Waals surface area contributed by atoms with Crippen LogP contribution in [0.2, 0.25) is 5.02 Å². The van der Waals surface area contributed by atoms with Gasteiger partial charge in [0.15, 0.2) is 0 Å². The third-order valence-corrected chi connectivity index (χ3v) is 4.42. The predicted molar refractivity (Wildman–Crippen MR) is 77.8 cm³/mol. The first-order valence-corrected chi connectivity index (χ1v) is 7.76. The first-order valence-electron chi connectivity index (χ1n) is 5.90. The summed E-state index contributed by atoms with van der Waals surface area (Å²) in [6, 6.07) is 9.84. The van der Waals surface area contributed by atoms with E-state index >= 15 is 0 Å². The number of hydrogen-bond acceptors (Lipinski definition) is 4. The minimum Gasteiger partial charge on any atom is -0.545 e. The Kier molecular flexibility index (Phi) is 4.20. The van der Waals surface area contributed by atoms with Gasteiger partial charge in [0.25, 0.3) is 10.0 Å². The van der Waals surface area contributed by atoms with Gasteiger partial charge >= 0.3 is 0 Å². The highest BCUT2D eigenvalue weighted by Gasteiger charge is 2.16. The summed E-state index contributed by atoms with van der Waals surface area (Å²) >= 11 is 5.77. The lowest BCUT2D eigenvalue weighted by molar-refractivity contribution is -0.255. The van der Waals surface area contributed by atoms with Crippen molar-refractivity contribution in [3.63, 3.8) is 0 Å². The number of halogens is 1. The third-order valence-electron chi connectivity index (χ3n) is 2.82. The molecule has 2 rings (SSSR count). The van der Waals surface area contributed by atoms with E-state index in [-0.39, 0.29) is 21.2 Å². The Balaban J connectivity index is 2.41. The quantitative estimate of drug-likeness (QED) is 0.929. The number of rotatable bonds is 4. The molecule has 2 aromatic rings. The second-order valence-electron chi connectivity index (χ2n) is 4.38. The van der Waals surface area contributed by atoms with E-state index in [1.165, 1.54) is 36.4 Å². The second-order valence-corrected chi connectivity index (χ2v) is 6.50. The van der Waals surface area contributed by atoms with Crippen LogP contribution in [-0.4, -0.2) is 14.4 Å². The molecular formula is C14H11ClNO4S-. The Morgan fingerprint density at radius 1 is 1.19 bits per heavy atom. The summed E-state index contributed by atoms with van der Waals surface area (Å²) in [7, 11) is -3.85. The van der Waals surface area contributed by atoms with E-state index in [0.717, 1.165) is 0 Å². The van der Waals surface area contributed by atoms with E-state index < -0.39 is 16.0 Å². The van der Waals surface area contributed by atoms with Gasteiger partial charge in [-0.3, -0.25) is 4.72 Å². The standard InChI is InChI=1S/C14H12ClNO4S/c1-9-5-6-10(14(17)18)7-13(9)16-21(19,20)12-4-2-3-11(15)8-12/h2-8,16H,1H3,(H,17,18)/p-1. The highest BCUT2D eigenvalue weighted by atomic mass is 35.5. The second kappa shape index (κ2) is 5.75. The van der Waals surface area contributed by atoms with Crippen LogP contribution in [0.5, 0.6) is 0 Å². The lowest BCUT2D eigenvalue weighted by Gasteiger charge is -2.13. The van der Waals surface area contributed by atoms with Crippen LogP contribution in [0.15, 0.2) is 47.4 Å². The van der Waals surface area contributed by atoms with E-state index in [4.69, 9.17) is 11.6 Å². The van der Waals surface area contributed by atoms with Crippen LogP contribution in [0, 0.1) is 6.92 Å². The zero-order chi connectivity index (χ0) is 15.6. The van der Waals surface area contributed by atoms with Crippen molar-refractivity contribution in [1.29, 1.82) is 0 Å². The molecular weight excluding hydrogens is 314 g/mol. The number of carboxylic acid groups (broad SMARTS) is 1. The zero-order valence-corrected chi connectivity index (χ0v) is 12.5. The number of sulfonamides is 1. The molecule has 0 unspecified atom stereocenters. The van der Waals surface area contributed by atoms with Gasteiger partial charge in [-0.2, -0.15) is 0 Å². The fourth-order valence-corrected chi connectivity index (χ4v) is 3.12. The van der Waals surface area contributed by atoms with Crippen LogP contribution < -0.4 is 9.83 Å². The van der Waals surface area contributed by atoms with Crippen LogP contribution in [0.1, 0.15) is 15.9 Å². The minimum absolute atomic E-state index is 0.00625. The van der Waals surface area contributed by atoms with Crippen LogP contribution in [0.4, 0.5) is 5.69 Å². The van der Waals surface area contributed by atoms with Gasteiger partial charge in [-0.25, -0.2) is 8.42 Å². The summed E-state index contributed by atoms with van der Waals surface area (Å²) in [6.07, 6.45) is 0. The molecule has 0 saturated carbocycles. The van der Waals surface area contributed by atoms with E-state index in [2.05, 4.69) is 4.72 Å². The molecule has 5 nitrogen and oxygen atoms in total. The van der Waals surface area contributed by atoms with Gasteiger partial charge in [-0.1, -0.05) is 29.8 Å². The zero-order valence-electron chi connectivity index (χ0n) is 11.0. The first kappa shape index (κ1) is 15.3. The number of nitrogens with one attached hydrogen (secondary N) is 1. The van der Waals surface area contributed by atoms with Crippen molar-refractivity contribution in [3.05, 3.63) is 58.6 Å². The number of hydrogen-bond donors (Lipinski definition) is 1. The Labute approximate surface area is 127 Å². The van der Waals surface area contributed by atoms with Gasteiger partial charge in [0, 0.05) is 5.02 Å². The summed E-state index contributed by atoms with van der Waals surface area (Å²) in [5.74, 6) is -1.38. The average Bonchev–Trinajstić information content (AvgIpc) is 2.41. The van der Waals surface area contributed by atoms with Crippen molar-refractivity contribution >= 4 is 33.3 Å². The molecule has 2 aromatic carbocycles. The number of carboxylic acids is 1. The summed E-state index contributed by atoms with van der Waals surface area (Å²) in [6.45, 7) is 1.66. The molecule has 0 radical (unpaired) electrons. The molecule has 0 fully saturated rings. The smallest absolute Gasteiger partial charge is 0.261 e. The largest absolute Gasteiger partial charge is 0.545 e. The van der Waals surface area contributed by atoms with Gasteiger partial charge in [-0.15, -0.1) is 0 Å². The van der Waals surface area contributed by atoms with E-state index in [1.54, 1.807) is 13.0 Å². The first-order chi connectivity index (χ1) is 9.79. The summed E-state index contributed by atoms with van der Waals surface area (Å²) < 4.78 is 26.9. The molecule has 0 aromatic heterocycles. The molecule has 0 aliphatic heterocycles. The van der Waals surface area contributed by atoms with Crippen molar-refractivity contribution in [2.24, 2.45) is 0 Å². The molecule has 0 aliphatic carbocycles. The van der Waals surface area contributed by atoms with Gasteiger partial charge in [0.05, 0.1) is 16.6 Å². The lowest BCUT2D eigenvalue weighted by Crippen LogP contribution is -2.22. The molecule has 110 valence electrons. The molecule has 0 atom stereocenters. The molecule has 0 saturated heterocycles. The number of carbonyl (C=O) groups is 1. The summed E-state index contributed by atoms with van der Waals surface area (Å²) in [5.41, 5.74) is 0.659. The fraction of sp³-hybridized carbons (Fsp3) is 0.0714. The maximum atomic E-state index is 12.3. The Bertz CT molecular complexity index is 802. The number of carbonyl (C=O) groups excluding carboxylic acids is 1. The highest BCUT2D eigenvalue weighted by Crippen LogP contribution is 2.22. The van der Waals surface area contributed by atoms with Crippen molar-refractivity contribution < 1.29 is 18.3 Å². The summed E-state index contributed by atoms with van der Waals surface area (Å²) in [4.78, 5) is 10.8. The monoisotopic (exact) mass is 324 g/mol. The van der Waals surface area contributed by atoms with E-state index in [9.17, 15) is 18.3 Å². The van der Waals surface area contributed by atoms with Crippen LogP contribution in [0.25, 0.3) is 0 Å². The maximum absolute atomic E-state index is 12.3. The Morgan fingerprint density at radius 2 is 1.90 bits per heavy atom. The number of aryl methyl sites for hydroxylation is 1. The van der Waals surface area contributed by atoms with E-state index in [0.29, 0.717) is 5.56 Å². The maximum Gasteiger partial charge on any atom is 0.261 e. The van der Waals surface area contributed by atoms with Gasteiger partial charge < -0.3 is 9.90 Å². The third kappa shape index (κ3) is 3.53. The van der Waals surface area contributed by atoms with Crippen molar-refractivity contribution in [1.82, 2.24) is 0 Å². The van der Waals surface area contributed by atoms with Crippen molar-refractivity contribution in [3.8, 4) is 0 Å².